The smallest absolute Gasteiger partial charge is 0.273 e. The van der Waals surface area contributed by atoms with E-state index in [9.17, 15) is 14.0 Å². The molecule has 31 heavy (non-hydrogen) atoms. The third-order valence-electron chi connectivity index (χ3n) is 4.83. The highest BCUT2D eigenvalue weighted by Crippen LogP contribution is 2.38. The fraction of sp³-hybridized carbons (Fsp3) is 0.167. The van der Waals surface area contributed by atoms with E-state index >= 15 is 0 Å². The van der Waals surface area contributed by atoms with E-state index in [-0.39, 0.29) is 17.3 Å². The minimum atomic E-state index is -0.346. The number of benzene rings is 2. The lowest BCUT2D eigenvalue weighted by Crippen LogP contribution is -2.19. The molecule has 0 fully saturated rings. The average Bonchev–Trinajstić information content (AvgIpc) is 2.73. The molecule has 1 heterocycles. The summed E-state index contributed by atoms with van der Waals surface area (Å²) in [5.41, 5.74) is 3.45. The van der Waals surface area contributed by atoms with Crippen LogP contribution >= 0.6 is 0 Å². The number of pyridine rings is 1. The molecule has 0 atom stereocenters. The van der Waals surface area contributed by atoms with E-state index < -0.39 is 0 Å². The van der Waals surface area contributed by atoms with Gasteiger partial charge in [-0.2, -0.15) is 0 Å². The first-order chi connectivity index (χ1) is 14.7. The van der Waals surface area contributed by atoms with E-state index in [1.165, 1.54) is 22.8 Å². The van der Waals surface area contributed by atoms with Crippen LogP contribution in [0.25, 0.3) is 11.1 Å². The van der Waals surface area contributed by atoms with Crippen molar-refractivity contribution in [1.82, 2.24) is 4.57 Å². The summed E-state index contributed by atoms with van der Waals surface area (Å²) in [7, 11) is 3.33. The Hall–Kier alpha value is -3.87. The van der Waals surface area contributed by atoms with Crippen molar-refractivity contribution >= 4 is 17.3 Å². The summed E-state index contributed by atoms with van der Waals surface area (Å²) in [5, 5.41) is 5.63. The maximum atomic E-state index is 13.7. The van der Waals surface area contributed by atoms with Crippen molar-refractivity contribution in [3.8, 4) is 22.6 Å². The zero-order chi connectivity index (χ0) is 22.7. The lowest BCUT2D eigenvalue weighted by molar-refractivity contribution is -0.111. The van der Waals surface area contributed by atoms with Gasteiger partial charge in [-0.25, -0.2) is 4.39 Å². The van der Waals surface area contributed by atoms with Gasteiger partial charge in [0.05, 0.1) is 0 Å². The normalized spacial score (nSPS) is 10.5. The standard InChI is InChI=1S/C24H24FN3O3/c1-6-22(29)27-18-7-8-21(31-23-14(2)9-17(25)10-15(23)3)19(12-18)16-11-20(26-4)24(30)28(5)13-16/h6-13,26H,1H2,2-5H3,(H,27,29). The van der Waals surface area contributed by atoms with Crippen molar-refractivity contribution in [2.24, 2.45) is 7.05 Å². The fourth-order valence-corrected chi connectivity index (χ4v) is 3.32. The van der Waals surface area contributed by atoms with Crippen molar-refractivity contribution < 1.29 is 13.9 Å². The van der Waals surface area contributed by atoms with Gasteiger partial charge in [0.15, 0.2) is 0 Å². The van der Waals surface area contributed by atoms with Crippen LogP contribution in [0.5, 0.6) is 11.5 Å². The van der Waals surface area contributed by atoms with Crippen molar-refractivity contribution in [1.29, 1.82) is 0 Å². The van der Waals surface area contributed by atoms with E-state index in [2.05, 4.69) is 17.2 Å². The molecule has 3 rings (SSSR count). The molecule has 0 radical (unpaired) electrons. The van der Waals surface area contributed by atoms with Gasteiger partial charge >= 0.3 is 0 Å². The first-order valence-corrected chi connectivity index (χ1v) is 9.64. The van der Waals surface area contributed by atoms with Crippen LogP contribution in [0.1, 0.15) is 11.1 Å². The van der Waals surface area contributed by atoms with E-state index in [0.29, 0.717) is 45.1 Å². The number of nitrogens with zero attached hydrogens (tertiary/aromatic N) is 1. The van der Waals surface area contributed by atoms with Crippen molar-refractivity contribution in [3.63, 3.8) is 0 Å². The van der Waals surface area contributed by atoms with Gasteiger partial charge in [-0.3, -0.25) is 9.59 Å². The maximum Gasteiger partial charge on any atom is 0.273 e. The van der Waals surface area contributed by atoms with Crippen LogP contribution in [-0.2, 0) is 11.8 Å². The highest BCUT2D eigenvalue weighted by molar-refractivity contribution is 5.99. The molecule has 0 bridgehead atoms. The summed E-state index contributed by atoms with van der Waals surface area (Å²) in [5.74, 6) is 0.363. The number of rotatable bonds is 6. The van der Waals surface area contributed by atoms with Crippen LogP contribution in [0, 0.1) is 19.7 Å². The van der Waals surface area contributed by atoms with Crippen LogP contribution in [0.15, 0.2) is 60.0 Å². The van der Waals surface area contributed by atoms with Gasteiger partial charge in [0.1, 0.15) is 23.0 Å². The summed E-state index contributed by atoms with van der Waals surface area (Å²) in [6, 6.07) is 9.71. The Morgan fingerprint density at radius 2 is 1.84 bits per heavy atom. The zero-order valence-corrected chi connectivity index (χ0v) is 17.9. The van der Waals surface area contributed by atoms with Crippen LogP contribution in [-0.4, -0.2) is 17.5 Å². The largest absolute Gasteiger partial charge is 0.456 e. The van der Waals surface area contributed by atoms with Crippen molar-refractivity contribution in [2.45, 2.75) is 13.8 Å². The molecular weight excluding hydrogens is 397 g/mol. The number of nitrogens with one attached hydrogen (secondary N) is 2. The molecule has 160 valence electrons. The number of carbonyl (C=O) groups is 1. The Kier molecular flexibility index (Phi) is 6.25. The number of ether oxygens (including phenoxy) is 1. The van der Waals surface area contributed by atoms with Gasteiger partial charge in [-0.1, -0.05) is 6.58 Å². The number of aryl methyl sites for hydroxylation is 3. The first-order valence-electron chi connectivity index (χ1n) is 9.64. The lowest BCUT2D eigenvalue weighted by atomic mass is 10.0. The minimum absolute atomic E-state index is 0.171. The van der Waals surface area contributed by atoms with Gasteiger partial charge < -0.3 is 19.9 Å². The lowest BCUT2D eigenvalue weighted by Gasteiger charge is -2.17. The number of hydrogen-bond acceptors (Lipinski definition) is 4. The quantitative estimate of drug-likeness (QED) is 0.563. The second kappa shape index (κ2) is 8.87. The molecule has 0 aliphatic rings. The molecule has 0 unspecified atom stereocenters. The molecule has 0 aliphatic heterocycles. The third-order valence-corrected chi connectivity index (χ3v) is 4.83. The minimum Gasteiger partial charge on any atom is -0.456 e. The average molecular weight is 421 g/mol. The number of amides is 1. The van der Waals surface area contributed by atoms with E-state index in [4.69, 9.17) is 4.74 Å². The molecule has 1 aromatic heterocycles. The number of halogens is 1. The molecule has 0 aliphatic carbocycles. The van der Waals surface area contributed by atoms with E-state index in [1.807, 2.05) is 0 Å². The predicted octanol–water partition coefficient (Wildman–Crippen LogP) is 4.77. The number of hydrogen-bond donors (Lipinski definition) is 2. The summed E-state index contributed by atoms with van der Waals surface area (Å²) in [6.07, 6.45) is 2.87. The number of carbonyl (C=O) groups excluding carboxylic acids is 1. The molecule has 7 heteroatoms. The summed E-state index contributed by atoms with van der Waals surface area (Å²) >= 11 is 0. The summed E-state index contributed by atoms with van der Waals surface area (Å²) in [6.45, 7) is 7.01. The van der Waals surface area contributed by atoms with Crippen LogP contribution in [0.4, 0.5) is 15.8 Å². The Bertz CT molecular complexity index is 1210. The van der Waals surface area contributed by atoms with Gasteiger partial charge in [0, 0.05) is 37.1 Å². The van der Waals surface area contributed by atoms with Gasteiger partial charge in [-0.15, -0.1) is 0 Å². The molecule has 0 spiro atoms. The van der Waals surface area contributed by atoms with Crippen molar-refractivity contribution in [3.05, 3.63) is 82.5 Å². The van der Waals surface area contributed by atoms with Gasteiger partial charge in [0.25, 0.3) is 5.56 Å². The SMILES string of the molecule is C=CC(=O)Nc1ccc(Oc2c(C)cc(F)cc2C)c(-c2cc(NC)c(=O)n(C)c2)c1. The Morgan fingerprint density at radius 1 is 1.16 bits per heavy atom. The van der Waals surface area contributed by atoms with E-state index in [0.717, 1.165) is 0 Å². The molecule has 1 amide bonds. The molecule has 6 nitrogen and oxygen atoms in total. The third kappa shape index (κ3) is 4.66. The van der Waals surface area contributed by atoms with Crippen LogP contribution < -0.4 is 20.9 Å². The van der Waals surface area contributed by atoms with E-state index in [1.54, 1.807) is 58.4 Å². The molecule has 0 saturated heterocycles. The maximum absolute atomic E-state index is 13.7. The summed E-state index contributed by atoms with van der Waals surface area (Å²) < 4.78 is 21.4. The van der Waals surface area contributed by atoms with Crippen molar-refractivity contribution in [2.75, 3.05) is 17.7 Å². The Labute approximate surface area is 180 Å². The molecule has 0 saturated carbocycles. The van der Waals surface area contributed by atoms with Gasteiger partial charge in [-0.05, 0) is 67.4 Å². The zero-order valence-electron chi connectivity index (χ0n) is 17.9. The second-order valence-corrected chi connectivity index (χ2v) is 7.18. The van der Waals surface area contributed by atoms with Crippen LogP contribution in [0.3, 0.4) is 0 Å². The van der Waals surface area contributed by atoms with Crippen LogP contribution in [0.2, 0.25) is 0 Å². The summed E-state index contributed by atoms with van der Waals surface area (Å²) in [4.78, 5) is 24.1. The monoisotopic (exact) mass is 421 g/mol. The fourth-order valence-electron chi connectivity index (χ4n) is 3.32. The Morgan fingerprint density at radius 3 is 2.45 bits per heavy atom. The highest BCUT2D eigenvalue weighted by atomic mass is 19.1. The Balaban J connectivity index is 2.18. The second-order valence-electron chi connectivity index (χ2n) is 7.18. The number of aromatic nitrogens is 1. The first kappa shape index (κ1) is 21.8. The predicted molar refractivity (Wildman–Crippen MR) is 121 cm³/mol. The molecular formula is C24H24FN3O3. The topological polar surface area (TPSA) is 72.4 Å². The number of anilines is 2. The molecule has 2 N–H and O–H groups in total. The molecule has 3 aromatic rings. The van der Waals surface area contributed by atoms with Gasteiger partial charge in [0.2, 0.25) is 5.91 Å². The highest BCUT2D eigenvalue weighted by Gasteiger charge is 2.15. The molecule has 2 aromatic carbocycles.